The van der Waals surface area contributed by atoms with Crippen molar-refractivity contribution in [2.45, 2.75) is 52.1 Å². The summed E-state index contributed by atoms with van der Waals surface area (Å²) in [7, 11) is 1.93. The van der Waals surface area contributed by atoms with E-state index in [4.69, 9.17) is 5.73 Å². The molecular formula is C14H28N4. The fourth-order valence-corrected chi connectivity index (χ4v) is 2.10. The van der Waals surface area contributed by atoms with Gasteiger partial charge in [-0.2, -0.15) is 5.10 Å². The molecule has 0 saturated carbocycles. The molecule has 18 heavy (non-hydrogen) atoms. The third-order valence-electron chi connectivity index (χ3n) is 3.60. The molecule has 0 bridgehead atoms. The van der Waals surface area contributed by atoms with Crippen LogP contribution in [0.5, 0.6) is 0 Å². The van der Waals surface area contributed by atoms with E-state index in [0.717, 1.165) is 18.7 Å². The van der Waals surface area contributed by atoms with E-state index >= 15 is 0 Å². The van der Waals surface area contributed by atoms with E-state index in [9.17, 15) is 0 Å². The first-order chi connectivity index (χ1) is 8.58. The Morgan fingerprint density at radius 3 is 2.67 bits per heavy atom. The van der Waals surface area contributed by atoms with Crippen LogP contribution in [0.1, 0.15) is 51.6 Å². The number of hydrogen-bond donors (Lipinski definition) is 1. The average Bonchev–Trinajstić information content (AvgIpc) is 2.80. The zero-order chi connectivity index (χ0) is 13.5. The molecule has 1 aromatic heterocycles. The van der Waals surface area contributed by atoms with Crippen LogP contribution in [0.25, 0.3) is 0 Å². The second-order valence-electron chi connectivity index (χ2n) is 5.16. The van der Waals surface area contributed by atoms with E-state index in [0.29, 0.717) is 6.04 Å². The van der Waals surface area contributed by atoms with Crippen LogP contribution in [0.2, 0.25) is 0 Å². The summed E-state index contributed by atoms with van der Waals surface area (Å²) in [5.74, 6) is 0. The van der Waals surface area contributed by atoms with Crippen LogP contribution in [0.4, 0.5) is 0 Å². The molecule has 0 radical (unpaired) electrons. The van der Waals surface area contributed by atoms with Crippen molar-refractivity contribution in [3.05, 3.63) is 18.0 Å². The smallest absolute Gasteiger partial charge is 0.0537 e. The fraction of sp³-hybridized carbons (Fsp3) is 0.786. The third kappa shape index (κ3) is 4.42. The molecule has 2 N–H and O–H groups in total. The van der Waals surface area contributed by atoms with Gasteiger partial charge in [0.15, 0.2) is 0 Å². The summed E-state index contributed by atoms with van der Waals surface area (Å²) < 4.78 is 1.81. The maximum absolute atomic E-state index is 6.28. The van der Waals surface area contributed by atoms with E-state index in [1.54, 1.807) is 0 Å². The van der Waals surface area contributed by atoms with E-state index < -0.39 is 0 Å². The maximum Gasteiger partial charge on any atom is 0.0537 e. The van der Waals surface area contributed by atoms with Crippen molar-refractivity contribution in [1.29, 1.82) is 0 Å². The molecule has 1 heterocycles. The lowest BCUT2D eigenvalue weighted by atomic mass is 10.1. The quantitative estimate of drug-likeness (QED) is 0.772. The zero-order valence-electron chi connectivity index (χ0n) is 12.3. The Morgan fingerprint density at radius 2 is 2.17 bits per heavy atom. The molecule has 1 rings (SSSR count). The van der Waals surface area contributed by atoms with Gasteiger partial charge in [0, 0.05) is 37.4 Å². The Bertz CT molecular complexity index is 334. The van der Waals surface area contributed by atoms with E-state index in [-0.39, 0.29) is 6.04 Å². The van der Waals surface area contributed by atoms with Gasteiger partial charge in [-0.05, 0) is 26.3 Å². The summed E-state index contributed by atoms with van der Waals surface area (Å²) in [5.41, 5.74) is 7.41. The Labute approximate surface area is 111 Å². The monoisotopic (exact) mass is 252 g/mol. The van der Waals surface area contributed by atoms with Crippen molar-refractivity contribution in [3.8, 4) is 0 Å². The molecule has 0 fully saturated rings. The van der Waals surface area contributed by atoms with Crippen LogP contribution < -0.4 is 5.73 Å². The Balaban J connectivity index is 2.58. The molecule has 0 saturated heterocycles. The summed E-state index contributed by atoms with van der Waals surface area (Å²) in [5, 5.41) is 4.19. The molecule has 0 aliphatic rings. The molecule has 0 aromatic carbocycles. The molecule has 0 amide bonds. The average molecular weight is 252 g/mol. The summed E-state index contributed by atoms with van der Waals surface area (Å²) in [4.78, 5) is 2.50. The number of hydrogen-bond acceptors (Lipinski definition) is 3. The minimum atomic E-state index is 0.0598. The van der Waals surface area contributed by atoms with E-state index in [1.807, 2.05) is 24.1 Å². The molecule has 0 spiro atoms. The highest BCUT2D eigenvalue weighted by molar-refractivity contribution is 5.10. The van der Waals surface area contributed by atoms with Gasteiger partial charge in [0.2, 0.25) is 0 Å². The van der Waals surface area contributed by atoms with Crippen molar-refractivity contribution >= 4 is 0 Å². The molecule has 0 aliphatic carbocycles. The number of rotatable bonds is 8. The minimum Gasteiger partial charge on any atom is -0.323 e. The molecular weight excluding hydrogens is 224 g/mol. The predicted octanol–water partition coefficient (Wildman–Crippen LogP) is 2.32. The first kappa shape index (κ1) is 15.2. The van der Waals surface area contributed by atoms with Crippen LogP contribution in [0.3, 0.4) is 0 Å². The molecule has 1 aromatic rings. The van der Waals surface area contributed by atoms with Crippen molar-refractivity contribution in [2.75, 3.05) is 13.1 Å². The van der Waals surface area contributed by atoms with Gasteiger partial charge in [-0.15, -0.1) is 0 Å². The number of nitrogens with zero attached hydrogens (tertiary/aromatic N) is 3. The Kier molecular flexibility index (Phi) is 6.36. The molecule has 2 unspecified atom stereocenters. The van der Waals surface area contributed by atoms with Crippen LogP contribution in [-0.4, -0.2) is 33.8 Å². The third-order valence-corrected chi connectivity index (χ3v) is 3.60. The Hall–Kier alpha value is -0.870. The van der Waals surface area contributed by atoms with Gasteiger partial charge in [-0.25, -0.2) is 0 Å². The standard InChI is InChI=1S/C14H28N4/c1-5-7-8-18(12(3)6-2)11-14(15)13-9-16-17(4)10-13/h9-10,12,14H,5-8,11,15H2,1-4H3. The number of aryl methyl sites for hydroxylation is 1. The van der Waals surface area contributed by atoms with Crippen molar-refractivity contribution in [2.24, 2.45) is 12.8 Å². The molecule has 104 valence electrons. The second kappa shape index (κ2) is 7.54. The largest absolute Gasteiger partial charge is 0.323 e. The van der Waals surface area contributed by atoms with E-state index in [2.05, 4.69) is 30.8 Å². The molecule has 0 aliphatic heterocycles. The van der Waals surface area contributed by atoms with Gasteiger partial charge < -0.3 is 5.73 Å². The first-order valence-corrected chi connectivity index (χ1v) is 7.06. The van der Waals surface area contributed by atoms with Crippen molar-refractivity contribution in [1.82, 2.24) is 14.7 Å². The molecule has 4 heteroatoms. The lowest BCUT2D eigenvalue weighted by Crippen LogP contribution is -2.39. The summed E-state index contributed by atoms with van der Waals surface area (Å²) in [6.07, 6.45) is 7.53. The van der Waals surface area contributed by atoms with Crippen LogP contribution in [-0.2, 0) is 7.05 Å². The number of nitrogens with two attached hydrogens (primary N) is 1. The first-order valence-electron chi connectivity index (χ1n) is 7.06. The number of unbranched alkanes of at least 4 members (excludes halogenated alkanes) is 1. The van der Waals surface area contributed by atoms with Gasteiger partial charge >= 0.3 is 0 Å². The van der Waals surface area contributed by atoms with E-state index in [1.165, 1.54) is 19.3 Å². The van der Waals surface area contributed by atoms with Crippen LogP contribution >= 0.6 is 0 Å². The lowest BCUT2D eigenvalue weighted by molar-refractivity contribution is 0.189. The minimum absolute atomic E-state index is 0.0598. The SMILES string of the molecule is CCCCN(CC(N)c1cnn(C)c1)C(C)CC. The number of aromatic nitrogens is 2. The molecule has 2 atom stereocenters. The highest BCUT2D eigenvalue weighted by Gasteiger charge is 2.17. The normalized spacial score (nSPS) is 15.0. The summed E-state index contributed by atoms with van der Waals surface area (Å²) >= 11 is 0. The van der Waals surface area contributed by atoms with Gasteiger partial charge in [-0.3, -0.25) is 9.58 Å². The maximum atomic E-state index is 6.28. The highest BCUT2D eigenvalue weighted by Crippen LogP contribution is 2.14. The predicted molar refractivity (Wildman–Crippen MR) is 76.4 cm³/mol. The fourth-order valence-electron chi connectivity index (χ4n) is 2.10. The van der Waals surface area contributed by atoms with Crippen LogP contribution in [0.15, 0.2) is 12.4 Å². The van der Waals surface area contributed by atoms with Crippen molar-refractivity contribution in [3.63, 3.8) is 0 Å². The van der Waals surface area contributed by atoms with Gasteiger partial charge in [0.25, 0.3) is 0 Å². The molecule has 4 nitrogen and oxygen atoms in total. The highest BCUT2D eigenvalue weighted by atomic mass is 15.2. The lowest BCUT2D eigenvalue weighted by Gasteiger charge is -2.30. The topological polar surface area (TPSA) is 47.1 Å². The van der Waals surface area contributed by atoms with Gasteiger partial charge in [0.1, 0.15) is 0 Å². The second-order valence-corrected chi connectivity index (χ2v) is 5.16. The van der Waals surface area contributed by atoms with Gasteiger partial charge in [-0.1, -0.05) is 20.3 Å². The summed E-state index contributed by atoms with van der Waals surface area (Å²) in [6, 6.07) is 0.656. The summed E-state index contributed by atoms with van der Waals surface area (Å²) in [6.45, 7) is 8.81. The Morgan fingerprint density at radius 1 is 1.44 bits per heavy atom. The van der Waals surface area contributed by atoms with Crippen LogP contribution in [0, 0.1) is 0 Å². The van der Waals surface area contributed by atoms with Gasteiger partial charge in [0.05, 0.1) is 6.20 Å². The van der Waals surface area contributed by atoms with Crippen molar-refractivity contribution < 1.29 is 0 Å². The zero-order valence-corrected chi connectivity index (χ0v) is 12.3.